The van der Waals surface area contributed by atoms with Gasteiger partial charge in [0.1, 0.15) is 0 Å². The van der Waals surface area contributed by atoms with E-state index in [1.165, 1.54) is 5.56 Å². The summed E-state index contributed by atoms with van der Waals surface area (Å²) in [5, 5.41) is 11.8. The van der Waals surface area contributed by atoms with Gasteiger partial charge in [-0.3, -0.25) is 0 Å². The van der Waals surface area contributed by atoms with E-state index in [4.69, 9.17) is 5.26 Å². The lowest BCUT2D eigenvalue weighted by Crippen LogP contribution is -2.42. The van der Waals surface area contributed by atoms with Crippen LogP contribution in [0.4, 0.5) is 4.79 Å². The van der Waals surface area contributed by atoms with Crippen LogP contribution in [0.15, 0.2) is 47.4 Å². The highest BCUT2D eigenvalue weighted by molar-refractivity contribution is 7.91. The topological polar surface area (TPSA) is 90.3 Å². The van der Waals surface area contributed by atoms with Gasteiger partial charge in [0.2, 0.25) is 0 Å². The SMILES string of the molecule is CCS(=O)(=O)c1cccc(CNC(=O)N2CCc3c(CC#N)cccc3C2)c1. The molecule has 0 spiro atoms. The molecule has 0 radical (unpaired) electrons. The summed E-state index contributed by atoms with van der Waals surface area (Å²) >= 11 is 0. The minimum atomic E-state index is -3.27. The van der Waals surface area contributed by atoms with Gasteiger partial charge in [-0.15, -0.1) is 0 Å². The molecule has 1 aliphatic rings. The van der Waals surface area contributed by atoms with Crippen molar-refractivity contribution in [3.8, 4) is 6.07 Å². The fourth-order valence-electron chi connectivity index (χ4n) is 3.42. The average Bonchev–Trinajstić information content (AvgIpc) is 2.72. The summed E-state index contributed by atoms with van der Waals surface area (Å²) in [6.07, 6.45) is 1.11. The number of nitrogens with one attached hydrogen (secondary N) is 1. The maximum Gasteiger partial charge on any atom is 0.317 e. The molecule has 0 aromatic heterocycles. The van der Waals surface area contributed by atoms with Gasteiger partial charge < -0.3 is 10.2 Å². The maximum atomic E-state index is 12.6. The van der Waals surface area contributed by atoms with Crippen LogP contribution in [0.25, 0.3) is 0 Å². The number of rotatable bonds is 5. The summed E-state index contributed by atoms with van der Waals surface area (Å²) in [6.45, 7) is 2.97. The molecule has 0 fully saturated rings. The quantitative estimate of drug-likeness (QED) is 0.840. The summed E-state index contributed by atoms with van der Waals surface area (Å²) in [7, 11) is -3.27. The van der Waals surface area contributed by atoms with Crippen molar-refractivity contribution in [2.45, 2.75) is 37.8 Å². The van der Waals surface area contributed by atoms with E-state index < -0.39 is 9.84 Å². The number of carbonyl (C=O) groups is 1. The summed E-state index contributed by atoms with van der Waals surface area (Å²) < 4.78 is 24.0. The molecule has 1 N–H and O–H groups in total. The Morgan fingerprint density at radius 2 is 2.04 bits per heavy atom. The lowest BCUT2D eigenvalue weighted by Gasteiger charge is -2.30. The second-order valence-corrected chi connectivity index (χ2v) is 9.05. The van der Waals surface area contributed by atoms with Gasteiger partial charge in [-0.25, -0.2) is 13.2 Å². The van der Waals surface area contributed by atoms with Crippen LogP contribution in [0.5, 0.6) is 0 Å². The number of carbonyl (C=O) groups excluding carboxylic acids is 1. The van der Waals surface area contributed by atoms with E-state index in [1.54, 1.807) is 36.1 Å². The highest BCUT2D eigenvalue weighted by Gasteiger charge is 2.22. The van der Waals surface area contributed by atoms with E-state index in [2.05, 4.69) is 11.4 Å². The van der Waals surface area contributed by atoms with Crippen LogP contribution in [0, 0.1) is 11.3 Å². The Hall–Kier alpha value is -2.85. The van der Waals surface area contributed by atoms with Gasteiger partial charge in [0, 0.05) is 19.6 Å². The lowest BCUT2D eigenvalue weighted by molar-refractivity contribution is 0.192. The zero-order valence-electron chi connectivity index (χ0n) is 15.8. The molecular formula is C21H23N3O3S. The van der Waals surface area contributed by atoms with Gasteiger partial charge in [0.25, 0.3) is 0 Å². The summed E-state index contributed by atoms with van der Waals surface area (Å²) in [5.74, 6) is 0.0454. The molecule has 28 heavy (non-hydrogen) atoms. The minimum Gasteiger partial charge on any atom is -0.334 e. The monoisotopic (exact) mass is 397 g/mol. The number of amides is 2. The largest absolute Gasteiger partial charge is 0.334 e. The molecule has 2 aromatic rings. The molecule has 146 valence electrons. The van der Waals surface area contributed by atoms with Gasteiger partial charge in [-0.1, -0.05) is 37.3 Å². The number of nitriles is 1. The van der Waals surface area contributed by atoms with Crippen LogP contribution in [0.3, 0.4) is 0 Å². The van der Waals surface area contributed by atoms with Crippen LogP contribution in [-0.4, -0.2) is 31.6 Å². The molecule has 0 unspecified atom stereocenters. The number of benzene rings is 2. The second kappa shape index (κ2) is 8.44. The molecule has 7 heteroatoms. The normalized spacial score (nSPS) is 13.5. The van der Waals surface area contributed by atoms with Crippen LogP contribution in [-0.2, 0) is 35.8 Å². The number of sulfone groups is 1. The Morgan fingerprint density at radius 3 is 2.79 bits per heavy atom. The Balaban J connectivity index is 1.65. The molecule has 3 rings (SSSR count). The second-order valence-electron chi connectivity index (χ2n) is 6.77. The fourth-order valence-corrected chi connectivity index (χ4v) is 4.37. The number of fused-ring (bicyclic) bond motifs is 1. The molecule has 2 aromatic carbocycles. The first-order valence-electron chi connectivity index (χ1n) is 9.25. The summed E-state index contributed by atoms with van der Waals surface area (Å²) in [4.78, 5) is 14.6. The first-order chi connectivity index (χ1) is 13.4. The Morgan fingerprint density at radius 1 is 1.25 bits per heavy atom. The Labute approximate surface area is 165 Å². The average molecular weight is 398 g/mol. The van der Waals surface area contributed by atoms with E-state index >= 15 is 0 Å². The molecule has 0 bridgehead atoms. The predicted molar refractivity (Wildman–Crippen MR) is 106 cm³/mol. The number of urea groups is 1. The highest BCUT2D eigenvalue weighted by atomic mass is 32.2. The number of nitrogens with zero attached hydrogens (tertiary/aromatic N) is 2. The molecule has 0 atom stereocenters. The standard InChI is InChI=1S/C21H23N3O3S/c1-2-28(26,27)19-8-3-5-16(13-19)14-23-21(25)24-12-10-20-17(9-11-22)6-4-7-18(20)15-24/h3-8,13H,2,9-10,12,14-15H2,1H3,(H,23,25). The number of hydrogen-bond donors (Lipinski definition) is 1. The first kappa shape index (κ1) is 19.9. The van der Waals surface area contributed by atoms with Crippen LogP contribution < -0.4 is 5.32 Å². The van der Waals surface area contributed by atoms with Gasteiger partial charge in [0.05, 0.1) is 23.1 Å². The molecule has 6 nitrogen and oxygen atoms in total. The van der Waals surface area contributed by atoms with Crippen molar-refractivity contribution < 1.29 is 13.2 Å². The van der Waals surface area contributed by atoms with Crippen molar-refractivity contribution in [1.82, 2.24) is 10.2 Å². The Kier molecular flexibility index (Phi) is 6.00. The molecule has 0 aliphatic carbocycles. The molecule has 0 saturated heterocycles. The Bertz CT molecular complexity index is 1030. The van der Waals surface area contributed by atoms with Gasteiger partial charge in [0.15, 0.2) is 9.84 Å². The number of hydrogen-bond acceptors (Lipinski definition) is 4. The maximum absolute atomic E-state index is 12.6. The van der Waals surface area contributed by atoms with Crippen LogP contribution in [0.2, 0.25) is 0 Å². The van der Waals surface area contributed by atoms with Crippen molar-refractivity contribution in [2.75, 3.05) is 12.3 Å². The van der Waals surface area contributed by atoms with E-state index in [9.17, 15) is 13.2 Å². The van der Waals surface area contributed by atoms with E-state index in [1.807, 2.05) is 18.2 Å². The molecular weight excluding hydrogens is 374 g/mol. The van der Waals surface area contributed by atoms with E-state index in [-0.39, 0.29) is 23.2 Å². The fraction of sp³-hybridized carbons (Fsp3) is 0.333. The lowest BCUT2D eigenvalue weighted by atomic mass is 9.93. The predicted octanol–water partition coefficient (Wildman–Crippen LogP) is 2.81. The van der Waals surface area contributed by atoms with Crippen molar-refractivity contribution in [3.05, 3.63) is 64.7 Å². The molecule has 0 saturated carbocycles. The van der Waals surface area contributed by atoms with Gasteiger partial charge in [-0.05, 0) is 40.8 Å². The van der Waals surface area contributed by atoms with Crippen molar-refractivity contribution in [1.29, 1.82) is 5.26 Å². The minimum absolute atomic E-state index is 0.0454. The summed E-state index contributed by atoms with van der Waals surface area (Å²) in [6, 6.07) is 14.6. The van der Waals surface area contributed by atoms with Crippen LogP contribution >= 0.6 is 0 Å². The molecule has 1 aliphatic heterocycles. The van der Waals surface area contributed by atoms with Crippen molar-refractivity contribution in [2.24, 2.45) is 0 Å². The molecule has 2 amide bonds. The van der Waals surface area contributed by atoms with Crippen molar-refractivity contribution in [3.63, 3.8) is 0 Å². The third-order valence-electron chi connectivity index (χ3n) is 5.00. The molecule has 1 heterocycles. The zero-order chi connectivity index (χ0) is 20.1. The van der Waals surface area contributed by atoms with Gasteiger partial charge in [-0.2, -0.15) is 5.26 Å². The first-order valence-corrected chi connectivity index (χ1v) is 10.9. The summed E-state index contributed by atoms with van der Waals surface area (Å²) in [5.41, 5.74) is 4.03. The smallest absolute Gasteiger partial charge is 0.317 e. The zero-order valence-corrected chi connectivity index (χ0v) is 16.6. The third-order valence-corrected chi connectivity index (χ3v) is 6.73. The van der Waals surface area contributed by atoms with Crippen molar-refractivity contribution >= 4 is 15.9 Å². The van der Waals surface area contributed by atoms with Gasteiger partial charge >= 0.3 is 6.03 Å². The van der Waals surface area contributed by atoms with Crippen LogP contribution in [0.1, 0.15) is 29.2 Å². The third kappa shape index (κ3) is 4.34. The highest BCUT2D eigenvalue weighted by Crippen LogP contribution is 2.23. The van der Waals surface area contributed by atoms with E-state index in [0.717, 1.165) is 23.1 Å². The van der Waals surface area contributed by atoms with E-state index in [0.29, 0.717) is 19.5 Å².